The summed E-state index contributed by atoms with van der Waals surface area (Å²) in [6.45, 7) is 4.31. The van der Waals surface area contributed by atoms with Crippen molar-refractivity contribution in [3.63, 3.8) is 0 Å². The molecule has 3 heteroatoms. The van der Waals surface area contributed by atoms with Gasteiger partial charge in [0, 0.05) is 17.2 Å². The van der Waals surface area contributed by atoms with Crippen LogP contribution in [0.15, 0.2) is 48.5 Å². The minimum atomic E-state index is 0.329. The Hall–Kier alpha value is -2.55. The highest BCUT2D eigenvalue weighted by Crippen LogP contribution is 2.40. The molecule has 1 atom stereocenters. The van der Waals surface area contributed by atoms with Crippen molar-refractivity contribution in [1.82, 2.24) is 9.55 Å². The lowest BCUT2D eigenvalue weighted by Crippen LogP contribution is -2.17. The molecule has 0 amide bonds. The number of benzene rings is 2. The van der Waals surface area contributed by atoms with Gasteiger partial charge >= 0.3 is 0 Å². The summed E-state index contributed by atoms with van der Waals surface area (Å²) in [4.78, 5) is 4.91. The van der Waals surface area contributed by atoms with Crippen molar-refractivity contribution in [1.29, 1.82) is 0 Å². The third kappa shape index (κ3) is 1.78. The normalized spacial score (nSPS) is 16.2. The van der Waals surface area contributed by atoms with Gasteiger partial charge in [0.25, 0.3) is 0 Å². The van der Waals surface area contributed by atoms with Gasteiger partial charge in [-0.2, -0.15) is 0 Å². The van der Waals surface area contributed by atoms with Crippen LogP contribution in [-0.4, -0.2) is 9.55 Å². The minimum Gasteiger partial charge on any atom is -0.383 e. The molecule has 0 fully saturated rings. The molecule has 0 bridgehead atoms. The molecule has 0 radical (unpaired) electrons. The molecular formula is C19H19N3. The van der Waals surface area contributed by atoms with Gasteiger partial charge in [0.1, 0.15) is 17.3 Å². The molecule has 22 heavy (non-hydrogen) atoms. The molecular weight excluding hydrogens is 270 g/mol. The van der Waals surface area contributed by atoms with E-state index in [1.54, 1.807) is 0 Å². The highest BCUT2D eigenvalue weighted by atomic mass is 15.2. The number of nitrogens with zero attached hydrogens (tertiary/aromatic N) is 2. The maximum absolute atomic E-state index is 6.47. The number of aromatic nitrogens is 2. The number of anilines is 1. The first-order valence-electron chi connectivity index (χ1n) is 7.69. The van der Waals surface area contributed by atoms with Gasteiger partial charge in [-0.15, -0.1) is 0 Å². The second-order valence-corrected chi connectivity index (χ2v) is 6.06. The van der Waals surface area contributed by atoms with Crippen LogP contribution in [-0.2, 0) is 6.42 Å². The van der Waals surface area contributed by atoms with E-state index >= 15 is 0 Å². The topological polar surface area (TPSA) is 43.8 Å². The lowest BCUT2D eigenvalue weighted by Gasteiger charge is -2.25. The predicted octanol–water partition coefficient (Wildman–Crippen LogP) is 4.22. The lowest BCUT2D eigenvalue weighted by molar-refractivity contribution is 0.543. The molecule has 1 aliphatic rings. The zero-order valence-corrected chi connectivity index (χ0v) is 12.9. The molecule has 110 valence electrons. The summed E-state index contributed by atoms with van der Waals surface area (Å²) < 4.78 is 2.18. The van der Waals surface area contributed by atoms with E-state index in [0.717, 1.165) is 29.3 Å². The largest absolute Gasteiger partial charge is 0.383 e. The van der Waals surface area contributed by atoms with E-state index in [1.807, 2.05) is 12.1 Å². The van der Waals surface area contributed by atoms with Gasteiger partial charge in [0.05, 0.1) is 0 Å². The monoisotopic (exact) mass is 289 g/mol. The number of rotatable bonds is 1. The lowest BCUT2D eigenvalue weighted by atomic mass is 9.96. The molecule has 0 saturated heterocycles. The Morgan fingerprint density at radius 1 is 1.05 bits per heavy atom. The first kappa shape index (κ1) is 13.1. The Morgan fingerprint density at radius 2 is 1.73 bits per heavy atom. The zero-order chi connectivity index (χ0) is 15.3. The average Bonchev–Trinajstić information content (AvgIpc) is 2.86. The van der Waals surface area contributed by atoms with E-state index in [9.17, 15) is 0 Å². The van der Waals surface area contributed by atoms with Gasteiger partial charge in [0.15, 0.2) is 0 Å². The first-order chi connectivity index (χ1) is 10.7. The van der Waals surface area contributed by atoms with Crippen molar-refractivity contribution in [3.05, 3.63) is 59.7 Å². The molecule has 3 aromatic rings. The Morgan fingerprint density at radius 3 is 2.50 bits per heavy atom. The Labute approximate surface area is 130 Å². The molecule has 2 aromatic carbocycles. The van der Waals surface area contributed by atoms with Gasteiger partial charge in [0.2, 0.25) is 0 Å². The molecule has 1 unspecified atom stereocenters. The van der Waals surface area contributed by atoms with Crippen molar-refractivity contribution in [2.24, 2.45) is 0 Å². The van der Waals surface area contributed by atoms with E-state index < -0.39 is 0 Å². The fourth-order valence-corrected chi connectivity index (χ4v) is 3.44. The average molecular weight is 289 g/mol. The number of nitrogen functional groups attached to an aromatic ring is 1. The molecule has 1 aliphatic heterocycles. The standard InChI is InChI=1S/C19H19N3/c1-12-7-3-5-9-15(12)17-18(20)22-13(2)11-14-8-4-6-10-16(14)19(22)21-17/h3-10,13H,11,20H2,1-2H3. The van der Waals surface area contributed by atoms with Crippen molar-refractivity contribution in [3.8, 4) is 22.6 Å². The van der Waals surface area contributed by atoms with Gasteiger partial charge in [-0.3, -0.25) is 0 Å². The first-order valence-corrected chi connectivity index (χ1v) is 7.69. The second kappa shape index (κ2) is 4.73. The summed E-state index contributed by atoms with van der Waals surface area (Å²) in [6, 6.07) is 17.1. The van der Waals surface area contributed by atoms with Crippen molar-refractivity contribution in [2.45, 2.75) is 26.3 Å². The summed E-state index contributed by atoms with van der Waals surface area (Å²) in [6.07, 6.45) is 0.997. The quantitative estimate of drug-likeness (QED) is 0.728. The highest BCUT2D eigenvalue weighted by molar-refractivity contribution is 5.79. The Bertz CT molecular complexity index is 861. The molecule has 0 spiro atoms. The molecule has 0 saturated carbocycles. The molecule has 4 rings (SSSR count). The van der Waals surface area contributed by atoms with E-state index in [0.29, 0.717) is 6.04 Å². The fourth-order valence-electron chi connectivity index (χ4n) is 3.44. The maximum Gasteiger partial charge on any atom is 0.142 e. The third-order valence-corrected chi connectivity index (χ3v) is 4.56. The van der Waals surface area contributed by atoms with E-state index in [1.165, 1.54) is 16.7 Å². The second-order valence-electron chi connectivity index (χ2n) is 6.06. The molecule has 1 aromatic heterocycles. The summed E-state index contributed by atoms with van der Waals surface area (Å²) in [5.41, 5.74) is 12.2. The summed E-state index contributed by atoms with van der Waals surface area (Å²) >= 11 is 0. The van der Waals surface area contributed by atoms with Crippen molar-refractivity contribution >= 4 is 5.82 Å². The van der Waals surface area contributed by atoms with Crippen LogP contribution in [0.5, 0.6) is 0 Å². The predicted molar refractivity (Wildman–Crippen MR) is 90.7 cm³/mol. The van der Waals surface area contributed by atoms with Crippen LogP contribution >= 0.6 is 0 Å². The smallest absolute Gasteiger partial charge is 0.142 e. The summed E-state index contributed by atoms with van der Waals surface area (Å²) in [7, 11) is 0. The van der Waals surface area contributed by atoms with Gasteiger partial charge in [-0.1, -0.05) is 48.5 Å². The number of hydrogen-bond acceptors (Lipinski definition) is 2. The van der Waals surface area contributed by atoms with Gasteiger partial charge in [-0.05, 0) is 31.4 Å². The summed E-state index contributed by atoms with van der Waals surface area (Å²) in [5, 5.41) is 0. The fraction of sp³-hybridized carbons (Fsp3) is 0.211. The van der Waals surface area contributed by atoms with Gasteiger partial charge < -0.3 is 10.3 Å². The molecule has 3 nitrogen and oxygen atoms in total. The molecule has 0 aliphatic carbocycles. The van der Waals surface area contributed by atoms with Crippen LogP contribution in [0.2, 0.25) is 0 Å². The number of fused-ring (bicyclic) bond motifs is 3. The third-order valence-electron chi connectivity index (χ3n) is 4.56. The van der Waals surface area contributed by atoms with E-state index in [2.05, 4.69) is 54.8 Å². The molecule has 2 N–H and O–H groups in total. The van der Waals surface area contributed by atoms with Crippen LogP contribution in [0.25, 0.3) is 22.6 Å². The Balaban J connectivity index is 1.99. The number of imidazole rings is 1. The number of hydrogen-bond donors (Lipinski definition) is 1. The Kier molecular flexibility index (Phi) is 2.83. The summed E-state index contributed by atoms with van der Waals surface area (Å²) in [5.74, 6) is 1.76. The van der Waals surface area contributed by atoms with Crippen LogP contribution < -0.4 is 5.73 Å². The SMILES string of the molecule is Cc1ccccc1-c1nc2n(c1N)C(C)Cc1ccccc1-2. The van der Waals surface area contributed by atoms with Crippen LogP contribution in [0.1, 0.15) is 24.1 Å². The highest BCUT2D eigenvalue weighted by Gasteiger charge is 2.27. The number of aryl methyl sites for hydroxylation is 1. The minimum absolute atomic E-state index is 0.329. The van der Waals surface area contributed by atoms with Crippen LogP contribution in [0, 0.1) is 6.92 Å². The van der Waals surface area contributed by atoms with Crippen molar-refractivity contribution < 1.29 is 0 Å². The van der Waals surface area contributed by atoms with E-state index in [-0.39, 0.29) is 0 Å². The maximum atomic E-state index is 6.47. The van der Waals surface area contributed by atoms with Crippen molar-refractivity contribution in [2.75, 3.05) is 5.73 Å². The molecule has 2 heterocycles. The zero-order valence-electron chi connectivity index (χ0n) is 12.9. The van der Waals surface area contributed by atoms with Crippen LogP contribution in [0.3, 0.4) is 0 Å². The van der Waals surface area contributed by atoms with Gasteiger partial charge in [-0.25, -0.2) is 4.98 Å². The number of nitrogens with two attached hydrogens (primary N) is 1. The van der Waals surface area contributed by atoms with Crippen LogP contribution in [0.4, 0.5) is 5.82 Å². The van der Waals surface area contributed by atoms with E-state index in [4.69, 9.17) is 10.7 Å².